The summed E-state index contributed by atoms with van der Waals surface area (Å²) in [6, 6.07) is 0. The van der Waals surface area contributed by atoms with Gasteiger partial charge in [0.2, 0.25) is 0 Å². The molecule has 0 aliphatic heterocycles. The second kappa shape index (κ2) is 8.72. The van der Waals surface area contributed by atoms with E-state index in [4.69, 9.17) is 10.5 Å². The van der Waals surface area contributed by atoms with Gasteiger partial charge in [-0.05, 0) is 25.7 Å². The van der Waals surface area contributed by atoms with Crippen LogP contribution in [0.15, 0.2) is 0 Å². The first-order valence-corrected chi connectivity index (χ1v) is 5.22. The Morgan fingerprint density at radius 3 is 2.14 bits per heavy atom. The molecule has 0 spiro atoms. The average molecular weight is 208 g/mol. The van der Waals surface area contributed by atoms with Crippen LogP contribution < -0.4 is 5.73 Å². The summed E-state index contributed by atoms with van der Waals surface area (Å²) in [7, 11) is 0. The molecule has 3 nitrogen and oxygen atoms in total. The minimum atomic E-state index is -0.259. The molecule has 1 saturated carbocycles. The van der Waals surface area contributed by atoms with E-state index in [9.17, 15) is 4.79 Å². The van der Waals surface area contributed by atoms with E-state index in [0.717, 1.165) is 12.8 Å². The zero-order valence-corrected chi connectivity index (χ0v) is 11.1. The molecular formula is C10H19NNaO2. The summed E-state index contributed by atoms with van der Waals surface area (Å²) in [6.07, 6.45) is 8.42. The van der Waals surface area contributed by atoms with E-state index in [1.54, 1.807) is 0 Å². The van der Waals surface area contributed by atoms with Crippen LogP contribution in [0.25, 0.3) is 0 Å². The van der Waals surface area contributed by atoms with Gasteiger partial charge in [-0.2, -0.15) is 0 Å². The fourth-order valence-electron chi connectivity index (χ4n) is 1.77. The van der Waals surface area contributed by atoms with Gasteiger partial charge in [0.25, 0.3) is 0 Å². The van der Waals surface area contributed by atoms with E-state index >= 15 is 0 Å². The largest absolute Gasteiger partial charge is 0.461 e. The number of carbonyl (C=O) groups is 1. The van der Waals surface area contributed by atoms with Crippen molar-refractivity contribution in [1.29, 1.82) is 0 Å². The molecule has 1 radical (unpaired) electrons. The first-order valence-electron chi connectivity index (χ1n) is 5.22. The standard InChI is InChI=1S/C10H19NO2.Na/c11-8-10(12)13-9-6-4-2-1-3-5-7-9;/h9H,1-8,11H2;. The van der Waals surface area contributed by atoms with E-state index in [1.165, 1.54) is 32.1 Å². The Bertz CT molecular complexity index is 156. The van der Waals surface area contributed by atoms with E-state index in [1.807, 2.05) is 0 Å². The molecule has 2 N–H and O–H groups in total. The molecule has 0 bridgehead atoms. The van der Waals surface area contributed by atoms with Crippen LogP contribution in [0.2, 0.25) is 0 Å². The maximum absolute atomic E-state index is 10.9. The summed E-state index contributed by atoms with van der Waals surface area (Å²) in [5, 5.41) is 0. The van der Waals surface area contributed by atoms with Crippen molar-refractivity contribution in [3.8, 4) is 0 Å². The van der Waals surface area contributed by atoms with Crippen molar-refractivity contribution in [2.24, 2.45) is 5.73 Å². The third kappa shape index (κ3) is 6.02. The first kappa shape index (κ1) is 14.4. The molecule has 0 aromatic heterocycles. The molecule has 0 aromatic rings. The molecule has 4 heteroatoms. The minimum Gasteiger partial charge on any atom is -0.461 e. The van der Waals surface area contributed by atoms with Gasteiger partial charge in [-0.25, -0.2) is 0 Å². The van der Waals surface area contributed by atoms with Gasteiger partial charge < -0.3 is 10.5 Å². The average Bonchev–Trinajstić information content (AvgIpc) is 2.09. The van der Waals surface area contributed by atoms with Gasteiger partial charge in [0.05, 0.1) is 6.54 Å². The fraction of sp³-hybridized carbons (Fsp3) is 0.900. The predicted octanol–water partition coefficient (Wildman–Crippen LogP) is 1.22. The minimum absolute atomic E-state index is 0. The monoisotopic (exact) mass is 208 g/mol. The summed E-state index contributed by atoms with van der Waals surface area (Å²) < 4.78 is 5.21. The topological polar surface area (TPSA) is 52.3 Å². The Balaban J connectivity index is 0.00000169. The molecule has 77 valence electrons. The van der Waals surface area contributed by atoms with Crippen molar-refractivity contribution in [3.05, 3.63) is 0 Å². The van der Waals surface area contributed by atoms with Crippen molar-refractivity contribution < 1.29 is 9.53 Å². The van der Waals surface area contributed by atoms with E-state index in [0.29, 0.717) is 0 Å². The Morgan fingerprint density at radius 2 is 1.64 bits per heavy atom. The number of nitrogens with two attached hydrogens (primary N) is 1. The third-order valence-corrected chi connectivity index (χ3v) is 2.52. The molecule has 1 fully saturated rings. The molecule has 0 atom stereocenters. The smallest absolute Gasteiger partial charge is 0.319 e. The van der Waals surface area contributed by atoms with Gasteiger partial charge in [0, 0.05) is 29.6 Å². The maximum Gasteiger partial charge on any atom is 0.319 e. The molecule has 0 heterocycles. The maximum atomic E-state index is 10.9. The van der Waals surface area contributed by atoms with Crippen LogP contribution in [0.1, 0.15) is 44.9 Å². The van der Waals surface area contributed by atoms with Gasteiger partial charge in [0.15, 0.2) is 0 Å². The Kier molecular flexibility index (Phi) is 8.98. The summed E-state index contributed by atoms with van der Waals surface area (Å²) in [4.78, 5) is 10.9. The number of carbonyl (C=O) groups excluding carboxylic acids is 1. The van der Waals surface area contributed by atoms with Crippen LogP contribution in [0.3, 0.4) is 0 Å². The first-order chi connectivity index (χ1) is 6.33. The molecule has 1 aliphatic rings. The van der Waals surface area contributed by atoms with Gasteiger partial charge in [0.1, 0.15) is 6.10 Å². The van der Waals surface area contributed by atoms with Crippen molar-refractivity contribution >= 4 is 35.5 Å². The Morgan fingerprint density at radius 1 is 1.14 bits per heavy atom. The zero-order valence-electron chi connectivity index (χ0n) is 9.13. The van der Waals surface area contributed by atoms with Crippen LogP contribution in [0, 0.1) is 0 Å². The van der Waals surface area contributed by atoms with E-state index in [2.05, 4.69) is 0 Å². The zero-order chi connectivity index (χ0) is 9.52. The Hall–Kier alpha value is 0.430. The molecular weight excluding hydrogens is 189 g/mol. The normalized spacial score (nSPS) is 18.9. The second-order valence-electron chi connectivity index (χ2n) is 3.66. The van der Waals surface area contributed by atoms with Crippen molar-refractivity contribution in [2.45, 2.75) is 51.0 Å². The second-order valence-corrected chi connectivity index (χ2v) is 3.66. The van der Waals surface area contributed by atoms with Gasteiger partial charge in [-0.15, -0.1) is 0 Å². The van der Waals surface area contributed by atoms with Crippen LogP contribution in [0.5, 0.6) is 0 Å². The van der Waals surface area contributed by atoms with Gasteiger partial charge in [-0.1, -0.05) is 19.3 Å². The molecule has 0 aromatic carbocycles. The number of hydrogen-bond acceptors (Lipinski definition) is 3. The fourth-order valence-corrected chi connectivity index (χ4v) is 1.77. The quantitative estimate of drug-likeness (QED) is 0.548. The number of ether oxygens (including phenoxy) is 1. The molecule has 1 rings (SSSR count). The molecule has 1 aliphatic carbocycles. The van der Waals surface area contributed by atoms with Gasteiger partial charge in [-0.3, -0.25) is 4.79 Å². The van der Waals surface area contributed by atoms with Crippen molar-refractivity contribution in [1.82, 2.24) is 0 Å². The van der Waals surface area contributed by atoms with Crippen LogP contribution in [-0.2, 0) is 9.53 Å². The van der Waals surface area contributed by atoms with E-state index < -0.39 is 0 Å². The van der Waals surface area contributed by atoms with Crippen LogP contribution >= 0.6 is 0 Å². The molecule has 14 heavy (non-hydrogen) atoms. The van der Waals surface area contributed by atoms with Crippen LogP contribution in [-0.4, -0.2) is 48.2 Å². The number of hydrogen-bond donors (Lipinski definition) is 1. The third-order valence-electron chi connectivity index (χ3n) is 2.52. The molecule has 0 amide bonds. The SMILES string of the molecule is NCC(=O)OC1CCCCCCC1.[Na]. The Labute approximate surface area is 108 Å². The van der Waals surface area contributed by atoms with Crippen LogP contribution in [0.4, 0.5) is 0 Å². The summed E-state index contributed by atoms with van der Waals surface area (Å²) >= 11 is 0. The molecule has 0 unspecified atom stereocenters. The predicted molar refractivity (Wildman–Crippen MR) is 57.0 cm³/mol. The number of rotatable bonds is 2. The number of esters is 1. The summed E-state index contributed by atoms with van der Waals surface area (Å²) in [5.41, 5.74) is 5.18. The summed E-state index contributed by atoms with van der Waals surface area (Å²) in [6.45, 7) is 0.0104. The van der Waals surface area contributed by atoms with Crippen molar-refractivity contribution in [3.63, 3.8) is 0 Å². The van der Waals surface area contributed by atoms with Gasteiger partial charge >= 0.3 is 5.97 Å². The van der Waals surface area contributed by atoms with Crippen molar-refractivity contribution in [2.75, 3.05) is 6.54 Å². The summed E-state index contributed by atoms with van der Waals surface area (Å²) in [5.74, 6) is -0.259. The van der Waals surface area contributed by atoms with E-state index in [-0.39, 0.29) is 48.2 Å². The molecule has 0 saturated heterocycles.